The lowest BCUT2D eigenvalue weighted by atomic mass is 9.79. The van der Waals surface area contributed by atoms with Gasteiger partial charge in [0.1, 0.15) is 0 Å². The van der Waals surface area contributed by atoms with Crippen LogP contribution in [-0.2, 0) is 4.79 Å². The highest BCUT2D eigenvalue weighted by Gasteiger charge is 2.34. The summed E-state index contributed by atoms with van der Waals surface area (Å²) in [5, 5.41) is 12.3. The van der Waals surface area contributed by atoms with Crippen LogP contribution in [0.4, 0.5) is 5.95 Å². The maximum atomic E-state index is 11.0. The summed E-state index contributed by atoms with van der Waals surface area (Å²) in [7, 11) is 0. The summed E-state index contributed by atoms with van der Waals surface area (Å²) >= 11 is 0. The Morgan fingerprint density at radius 1 is 1.29 bits per heavy atom. The second-order valence-corrected chi connectivity index (χ2v) is 4.61. The van der Waals surface area contributed by atoms with E-state index in [4.69, 9.17) is 5.11 Å². The minimum atomic E-state index is -0.768. The number of nitrogens with zero attached hydrogens (tertiary/aromatic N) is 2. The number of carboxylic acid groups (broad SMARTS) is 1. The predicted octanol–water partition coefficient (Wildman–Crippen LogP) is 2.07. The minimum absolute atomic E-state index is 0.130. The zero-order valence-electron chi connectivity index (χ0n) is 9.72. The van der Waals surface area contributed by atoms with Crippen molar-refractivity contribution in [2.24, 2.45) is 0 Å². The van der Waals surface area contributed by atoms with Crippen LogP contribution in [0.15, 0.2) is 18.5 Å². The Hall–Kier alpha value is -1.65. The van der Waals surface area contributed by atoms with Gasteiger partial charge in [0.15, 0.2) is 0 Å². The Morgan fingerprint density at radius 2 is 1.94 bits per heavy atom. The molecule has 2 N–H and O–H groups in total. The van der Waals surface area contributed by atoms with Crippen LogP contribution in [0.1, 0.15) is 38.5 Å². The van der Waals surface area contributed by atoms with Gasteiger partial charge < -0.3 is 10.4 Å². The third-order valence-corrected chi connectivity index (χ3v) is 3.24. The third-order valence-electron chi connectivity index (χ3n) is 3.24. The highest BCUT2D eigenvalue weighted by atomic mass is 16.4. The van der Waals surface area contributed by atoms with E-state index < -0.39 is 5.97 Å². The Kier molecular flexibility index (Phi) is 3.56. The van der Waals surface area contributed by atoms with Gasteiger partial charge in [-0.25, -0.2) is 9.97 Å². The number of aliphatic carboxylic acids is 1. The fourth-order valence-electron chi connectivity index (χ4n) is 2.46. The number of hydrogen-bond acceptors (Lipinski definition) is 4. The van der Waals surface area contributed by atoms with Crippen molar-refractivity contribution in [3.8, 4) is 0 Å². The molecular formula is C12H17N3O2. The average molecular weight is 235 g/mol. The number of anilines is 1. The highest BCUT2D eigenvalue weighted by molar-refractivity contribution is 5.69. The van der Waals surface area contributed by atoms with Crippen molar-refractivity contribution in [2.75, 3.05) is 5.32 Å². The van der Waals surface area contributed by atoms with E-state index >= 15 is 0 Å². The molecule has 5 heteroatoms. The first-order valence-corrected chi connectivity index (χ1v) is 5.97. The molecule has 5 nitrogen and oxygen atoms in total. The second-order valence-electron chi connectivity index (χ2n) is 4.61. The molecule has 2 rings (SSSR count). The van der Waals surface area contributed by atoms with E-state index in [9.17, 15) is 4.79 Å². The number of rotatable bonds is 4. The summed E-state index contributed by atoms with van der Waals surface area (Å²) in [5.74, 6) is -0.244. The smallest absolute Gasteiger partial charge is 0.305 e. The van der Waals surface area contributed by atoms with Gasteiger partial charge in [-0.2, -0.15) is 0 Å². The Labute approximate surface area is 100 Å². The van der Waals surface area contributed by atoms with Crippen molar-refractivity contribution >= 4 is 11.9 Å². The summed E-state index contributed by atoms with van der Waals surface area (Å²) in [5.41, 5.74) is -0.370. The fourth-order valence-corrected chi connectivity index (χ4v) is 2.46. The number of aromatic nitrogens is 2. The van der Waals surface area contributed by atoms with Gasteiger partial charge in [0, 0.05) is 12.4 Å². The highest BCUT2D eigenvalue weighted by Crippen LogP contribution is 2.33. The van der Waals surface area contributed by atoms with Crippen LogP contribution in [0.2, 0.25) is 0 Å². The zero-order chi connectivity index (χ0) is 12.1. The molecule has 1 aliphatic carbocycles. The summed E-state index contributed by atoms with van der Waals surface area (Å²) in [6.07, 6.45) is 8.50. The molecule has 17 heavy (non-hydrogen) atoms. The first-order valence-electron chi connectivity index (χ1n) is 5.97. The number of carboxylic acids is 1. The van der Waals surface area contributed by atoms with Gasteiger partial charge in [-0.05, 0) is 18.9 Å². The summed E-state index contributed by atoms with van der Waals surface area (Å²) < 4.78 is 0. The van der Waals surface area contributed by atoms with Gasteiger partial charge >= 0.3 is 5.97 Å². The third kappa shape index (κ3) is 3.15. The molecule has 1 aliphatic rings. The Balaban J connectivity index is 2.12. The number of nitrogens with one attached hydrogen (secondary N) is 1. The molecule has 0 spiro atoms. The van der Waals surface area contributed by atoms with E-state index in [1.807, 2.05) is 0 Å². The SMILES string of the molecule is O=C(O)CC1(Nc2ncccn2)CCCCC1. The van der Waals surface area contributed by atoms with Gasteiger partial charge in [0.25, 0.3) is 0 Å². The van der Waals surface area contributed by atoms with Gasteiger partial charge in [-0.15, -0.1) is 0 Å². The average Bonchev–Trinajstić information content (AvgIpc) is 2.30. The number of carbonyl (C=O) groups is 1. The van der Waals surface area contributed by atoms with Crippen molar-refractivity contribution in [2.45, 2.75) is 44.1 Å². The van der Waals surface area contributed by atoms with Crippen molar-refractivity contribution in [1.82, 2.24) is 9.97 Å². The maximum absolute atomic E-state index is 11.0. The lowest BCUT2D eigenvalue weighted by molar-refractivity contribution is -0.138. The molecule has 0 aromatic carbocycles. The molecule has 1 heterocycles. The molecule has 0 unspecified atom stereocenters. The molecule has 0 radical (unpaired) electrons. The molecule has 92 valence electrons. The van der Waals surface area contributed by atoms with Gasteiger partial charge in [-0.1, -0.05) is 19.3 Å². The lowest BCUT2D eigenvalue weighted by Gasteiger charge is -2.36. The minimum Gasteiger partial charge on any atom is -0.481 e. The molecule has 1 aromatic rings. The van der Waals surface area contributed by atoms with E-state index in [0.717, 1.165) is 25.7 Å². The molecule has 0 bridgehead atoms. The van der Waals surface area contributed by atoms with E-state index in [0.29, 0.717) is 5.95 Å². The molecule has 0 aliphatic heterocycles. The van der Waals surface area contributed by atoms with Crippen molar-refractivity contribution in [1.29, 1.82) is 0 Å². The van der Waals surface area contributed by atoms with Gasteiger partial charge in [-0.3, -0.25) is 4.79 Å². The van der Waals surface area contributed by atoms with Crippen molar-refractivity contribution in [3.05, 3.63) is 18.5 Å². The van der Waals surface area contributed by atoms with E-state index in [2.05, 4.69) is 15.3 Å². The van der Waals surface area contributed by atoms with Gasteiger partial charge in [0.05, 0.1) is 12.0 Å². The normalized spacial score (nSPS) is 18.6. The predicted molar refractivity (Wildman–Crippen MR) is 63.7 cm³/mol. The van der Waals surface area contributed by atoms with Crippen LogP contribution >= 0.6 is 0 Å². The Morgan fingerprint density at radius 3 is 2.53 bits per heavy atom. The molecule has 1 aromatic heterocycles. The van der Waals surface area contributed by atoms with E-state index in [1.54, 1.807) is 18.5 Å². The molecule has 0 saturated heterocycles. The second kappa shape index (κ2) is 5.12. The fraction of sp³-hybridized carbons (Fsp3) is 0.583. The van der Waals surface area contributed by atoms with E-state index in [1.165, 1.54) is 6.42 Å². The van der Waals surface area contributed by atoms with Crippen molar-refractivity contribution < 1.29 is 9.90 Å². The van der Waals surface area contributed by atoms with Crippen LogP contribution in [-0.4, -0.2) is 26.6 Å². The van der Waals surface area contributed by atoms with Crippen LogP contribution in [0, 0.1) is 0 Å². The zero-order valence-corrected chi connectivity index (χ0v) is 9.72. The standard InChI is InChI=1S/C12H17N3O2/c16-10(17)9-12(5-2-1-3-6-12)15-11-13-7-4-8-14-11/h4,7-8H,1-3,5-6,9H2,(H,16,17)(H,13,14,15). The quantitative estimate of drug-likeness (QED) is 0.835. The molecule has 0 atom stereocenters. The largest absolute Gasteiger partial charge is 0.481 e. The molecule has 0 amide bonds. The first kappa shape index (κ1) is 11.8. The van der Waals surface area contributed by atoms with E-state index in [-0.39, 0.29) is 12.0 Å². The van der Waals surface area contributed by atoms with Crippen LogP contribution < -0.4 is 5.32 Å². The lowest BCUT2D eigenvalue weighted by Crippen LogP contribution is -2.42. The van der Waals surface area contributed by atoms with Gasteiger partial charge in [0.2, 0.25) is 5.95 Å². The molecule has 1 fully saturated rings. The Bertz CT molecular complexity index is 375. The summed E-state index contributed by atoms with van der Waals surface area (Å²) in [6, 6.07) is 1.75. The molecule has 1 saturated carbocycles. The number of hydrogen-bond donors (Lipinski definition) is 2. The summed E-state index contributed by atoms with van der Waals surface area (Å²) in [6.45, 7) is 0. The monoisotopic (exact) mass is 235 g/mol. The maximum Gasteiger partial charge on any atom is 0.305 e. The van der Waals surface area contributed by atoms with Crippen LogP contribution in [0.25, 0.3) is 0 Å². The summed E-state index contributed by atoms with van der Waals surface area (Å²) in [4.78, 5) is 19.2. The topological polar surface area (TPSA) is 75.1 Å². The van der Waals surface area contributed by atoms with Crippen molar-refractivity contribution in [3.63, 3.8) is 0 Å². The van der Waals surface area contributed by atoms with Crippen LogP contribution in [0.3, 0.4) is 0 Å². The first-order chi connectivity index (χ1) is 8.20. The molecular weight excluding hydrogens is 218 g/mol. The van der Waals surface area contributed by atoms with Crippen LogP contribution in [0.5, 0.6) is 0 Å².